The second kappa shape index (κ2) is 6.92. The van der Waals surface area contributed by atoms with Crippen molar-refractivity contribution in [3.8, 4) is 0 Å². The molecule has 8 heteroatoms. The molecule has 1 fully saturated rings. The molecule has 0 saturated carbocycles. The summed E-state index contributed by atoms with van der Waals surface area (Å²) < 4.78 is 5.09. The fourth-order valence-electron chi connectivity index (χ4n) is 1.65. The number of carboxylic acid groups (broad SMARTS) is 2. The normalized spacial score (nSPS) is 15.7. The Morgan fingerprint density at radius 2 is 1.50 bits per heavy atom. The van der Waals surface area contributed by atoms with Gasteiger partial charge in [-0.1, -0.05) is 0 Å². The van der Waals surface area contributed by atoms with Gasteiger partial charge in [-0.25, -0.2) is 0 Å². The topological polar surface area (TPSA) is 107 Å². The Hall–Kier alpha value is -1.67. The first-order valence-electron chi connectivity index (χ1n) is 5.50. The van der Waals surface area contributed by atoms with Gasteiger partial charge in [-0.2, -0.15) is 0 Å². The summed E-state index contributed by atoms with van der Waals surface area (Å²) in [4.78, 5) is 35.6. The van der Waals surface area contributed by atoms with Gasteiger partial charge in [0.25, 0.3) is 0 Å². The largest absolute Gasteiger partial charge is 0.480 e. The van der Waals surface area contributed by atoms with Crippen LogP contribution in [0.25, 0.3) is 0 Å². The van der Waals surface area contributed by atoms with E-state index in [1.807, 2.05) is 0 Å². The van der Waals surface area contributed by atoms with Crippen LogP contribution in [0.3, 0.4) is 0 Å². The first kappa shape index (κ1) is 14.4. The van der Waals surface area contributed by atoms with Crippen molar-refractivity contribution in [1.29, 1.82) is 0 Å². The molecule has 0 aromatic heterocycles. The summed E-state index contributed by atoms with van der Waals surface area (Å²) >= 11 is 0. The molecular weight excluding hydrogens is 244 g/mol. The summed E-state index contributed by atoms with van der Waals surface area (Å²) in [6, 6.07) is 0. The van der Waals surface area contributed by atoms with E-state index in [1.54, 1.807) is 4.90 Å². The molecule has 1 aliphatic rings. The van der Waals surface area contributed by atoms with Crippen molar-refractivity contribution in [3.63, 3.8) is 0 Å². The minimum atomic E-state index is -1.16. The number of nitrogens with zero attached hydrogens (tertiary/aromatic N) is 2. The van der Waals surface area contributed by atoms with Gasteiger partial charge >= 0.3 is 11.9 Å². The lowest BCUT2D eigenvalue weighted by atomic mass is 10.3. The minimum Gasteiger partial charge on any atom is -0.480 e. The number of carbonyl (C=O) groups excluding carboxylic acids is 1. The van der Waals surface area contributed by atoms with E-state index in [0.29, 0.717) is 26.3 Å². The van der Waals surface area contributed by atoms with Gasteiger partial charge in [0.15, 0.2) is 0 Å². The molecule has 0 aromatic carbocycles. The molecule has 1 rings (SSSR count). The maximum Gasteiger partial charge on any atom is 0.317 e. The van der Waals surface area contributed by atoms with Gasteiger partial charge in [0.05, 0.1) is 32.8 Å². The number of rotatable bonds is 6. The Kier molecular flexibility index (Phi) is 5.53. The van der Waals surface area contributed by atoms with Crippen molar-refractivity contribution in [2.75, 3.05) is 45.9 Å². The summed E-state index contributed by atoms with van der Waals surface area (Å²) in [5.74, 6) is -2.60. The Bertz CT molecular complexity index is 310. The molecule has 18 heavy (non-hydrogen) atoms. The fraction of sp³-hybridized carbons (Fsp3) is 0.700. The molecule has 0 aliphatic carbocycles. The van der Waals surface area contributed by atoms with Gasteiger partial charge in [-0.15, -0.1) is 0 Å². The molecule has 0 bridgehead atoms. The summed E-state index contributed by atoms with van der Waals surface area (Å²) in [7, 11) is 0. The molecule has 0 atom stereocenters. The molecule has 0 aromatic rings. The van der Waals surface area contributed by atoms with Crippen LogP contribution < -0.4 is 0 Å². The highest BCUT2D eigenvalue weighted by molar-refractivity contribution is 5.80. The van der Waals surface area contributed by atoms with Crippen molar-refractivity contribution in [1.82, 2.24) is 9.80 Å². The second-order valence-corrected chi connectivity index (χ2v) is 3.93. The summed E-state index contributed by atoms with van der Waals surface area (Å²) in [6.45, 7) is 0.649. The van der Waals surface area contributed by atoms with Gasteiger partial charge in [0.1, 0.15) is 0 Å². The SMILES string of the molecule is O=C(O)CN(CC(=O)O)CC(=O)N1CCOCC1. The molecule has 1 amide bonds. The standard InChI is InChI=1S/C10H16N2O6/c13-8(12-1-3-18-4-2-12)5-11(6-9(14)15)7-10(16)17/h1-7H2,(H,14,15)(H,16,17). The quantitative estimate of drug-likeness (QED) is 0.587. The Morgan fingerprint density at radius 3 is 1.94 bits per heavy atom. The van der Waals surface area contributed by atoms with Crippen LogP contribution in [0, 0.1) is 0 Å². The maximum absolute atomic E-state index is 11.8. The number of amides is 1. The zero-order chi connectivity index (χ0) is 13.5. The predicted molar refractivity (Wildman–Crippen MR) is 59.1 cm³/mol. The average molecular weight is 260 g/mol. The second-order valence-electron chi connectivity index (χ2n) is 3.93. The van der Waals surface area contributed by atoms with Gasteiger partial charge in [0.2, 0.25) is 5.91 Å². The number of ether oxygens (including phenoxy) is 1. The Labute approximate surface area is 104 Å². The van der Waals surface area contributed by atoms with Gasteiger partial charge < -0.3 is 19.8 Å². The highest BCUT2D eigenvalue weighted by Gasteiger charge is 2.22. The summed E-state index contributed by atoms with van der Waals surface area (Å²) in [5.41, 5.74) is 0. The molecule has 2 N–H and O–H groups in total. The van der Waals surface area contributed by atoms with E-state index in [4.69, 9.17) is 14.9 Å². The lowest BCUT2D eigenvalue weighted by Crippen LogP contribution is -2.47. The van der Waals surface area contributed by atoms with E-state index in [-0.39, 0.29) is 12.5 Å². The van der Waals surface area contributed by atoms with Gasteiger partial charge in [-0.05, 0) is 0 Å². The highest BCUT2D eigenvalue weighted by Crippen LogP contribution is 1.99. The zero-order valence-electron chi connectivity index (χ0n) is 9.87. The van der Waals surface area contributed by atoms with E-state index >= 15 is 0 Å². The van der Waals surface area contributed by atoms with Crippen LogP contribution in [0.1, 0.15) is 0 Å². The van der Waals surface area contributed by atoms with E-state index in [0.717, 1.165) is 4.90 Å². The number of hydrogen-bond donors (Lipinski definition) is 2. The third kappa shape index (κ3) is 5.11. The zero-order valence-corrected chi connectivity index (χ0v) is 9.87. The van der Waals surface area contributed by atoms with Crippen LogP contribution in [0.15, 0.2) is 0 Å². The number of carboxylic acids is 2. The molecule has 102 valence electrons. The average Bonchev–Trinajstić information content (AvgIpc) is 2.28. The third-order valence-corrected chi connectivity index (χ3v) is 2.44. The lowest BCUT2D eigenvalue weighted by molar-refractivity contribution is -0.144. The number of hydrogen-bond acceptors (Lipinski definition) is 5. The van der Waals surface area contributed by atoms with Crippen LogP contribution in [-0.2, 0) is 19.1 Å². The minimum absolute atomic E-state index is 0.210. The molecule has 1 saturated heterocycles. The van der Waals surface area contributed by atoms with E-state index in [1.165, 1.54) is 0 Å². The number of morpholine rings is 1. The van der Waals surface area contributed by atoms with Crippen molar-refractivity contribution in [2.24, 2.45) is 0 Å². The van der Waals surface area contributed by atoms with E-state index < -0.39 is 25.0 Å². The highest BCUT2D eigenvalue weighted by atomic mass is 16.5. The summed E-state index contributed by atoms with van der Waals surface area (Å²) in [6.07, 6.45) is 0. The van der Waals surface area contributed by atoms with Crippen molar-refractivity contribution in [2.45, 2.75) is 0 Å². The van der Waals surface area contributed by atoms with Crippen LogP contribution in [0.4, 0.5) is 0 Å². The van der Waals surface area contributed by atoms with Gasteiger partial charge in [-0.3, -0.25) is 19.3 Å². The number of carbonyl (C=O) groups is 3. The van der Waals surface area contributed by atoms with Crippen molar-refractivity contribution < 1.29 is 29.3 Å². The summed E-state index contributed by atoms with van der Waals surface area (Å²) in [5, 5.41) is 17.3. The first-order valence-corrected chi connectivity index (χ1v) is 5.50. The molecular formula is C10H16N2O6. The van der Waals surface area contributed by atoms with Gasteiger partial charge in [0, 0.05) is 13.1 Å². The molecule has 0 spiro atoms. The predicted octanol–water partition coefficient (Wildman–Crippen LogP) is -1.68. The van der Waals surface area contributed by atoms with Crippen LogP contribution in [0.2, 0.25) is 0 Å². The van der Waals surface area contributed by atoms with Crippen LogP contribution >= 0.6 is 0 Å². The molecule has 1 heterocycles. The van der Waals surface area contributed by atoms with Crippen LogP contribution in [-0.4, -0.2) is 83.8 Å². The lowest BCUT2D eigenvalue weighted by Gasteiger charge is -2.29. The van der Waals surface area contributed by atoms with Crippen LogP contribution in [0.5, 0.6) is 0 Å². The maximum atomic E-state index is 11.8. The molecule has 0 radical (unpaired) electrons. The Balaban J connectivity index is 2.49. The molecule has 0 unspecified atom stereocenters. The van der Waals surface area contributed by atoms with E-state index in [2.05, 4.69) is 0 Å². The van der Waals surface area contributed by atoms with E-state index in [9.17, 15) is 14.4 Å². The monoisotopic (exact) mass is 260 g/mol. The Morgan fingerprint density at radius 1 is 1.00 bits per heavy atom. The molecule has 1 aliphatic heterocycles. The molecule has 8 nitrogen and oxygen atoms in total. The first-order chi connectivity index (χ1) is 8.49. The smallest absolute Gasteiger partial charge is 0.317 e. The van der Waals surface area contributed by atoms with Crippen molar-refractivity contribution in [3.05, 3.63) is 0 Å². The van der Waals surface area contributed by atoms with Crippen molar-refractivity contribution >= 4 is 17.8 Å². The fourth-order valence-corrected chi connectivity index (χ4v) is 1.65. The third-order valence-electron chi connectivity index (χ3n) is 2.44. The number of aliphatic carboxylic acids is 2.